The summed E-state index contributed by atoms with van der Waals surface area (Å²) in [5, 5.41) is 6.12. The molecule has 2 N–H and O–H groups in total. The summed E-state index contributed by atoms with van der Waals surface area (Å²) in [5.74, 6) is 0.712. The van der Waals surface area contributed by atoms with Crippen LogP contribution >= 0.6 is 0 Å². The third-order valence-corrected chi connectivity index (χ3v) is 2.83. The van der Waals surface area contributed by atoms with Crippen LogP contribution in [0.5, 0.6) is 5.75 Å². The molecule has 1 heterocycles. The van der Waals surface area contributed by atoms with E-state index >= 15 is 0 Å². The van der Waals surface area contributed by atoms with E-state index in [9.17, 15) is 4.79 Å². The van der Waals surface area contributed by atoms with Gasteiger partial charge in [-0.2, -0.15) is 0 Å². The number of hydrogen-bond acceptors (Lipinski definition) is 3. The van der Waals surface area contributed by atoms with Crippen LogP contribution in [0.1, 0.15) is 6.92 Å². The van der Waals surface area contributed by atoms with Crippen molar-refractivity contribution in [2.45, 2.75) is 6.92 Å². The van der Waals surface area contributed by atoms with Crippen LogP contribution in [0.25, 0.3) is 0 Å². The molecule has 98 valence electrons. The molecule has 0 atom stereocenters. The maximum atomic E-state index is 12.1. The topological polar surface area (TPSA) is 53.6 Å². The molecule has 5 heteroatoms. The molecular formula is C13H19N3O2. The minimum Gasteiger partial charge on any atom is -0.492 e. The van der Waals surface area contributed by atoms with Crippen LogP contribution in [0.15, 0.2) is 24.3 Å². The summed E-state index contributed by atoms with van der Waals surface area (Å²) >= 11 is 0. The van der Waals surface area contributed by atoms with E-state index in [0.29, 0.717) is 12.4 Å². The minimum absolute atomic E-state index is 0.0661. The summed E-state index contributed by atoms with van der Waals surface area (Å²) in [4.78, 5) is 13.9. The first-order chi connectivity index (χ1) is 8.81. The number of para-hydroxylation sites is 2. The lowest BCUT2D eigenvalue weighted by Crippen LogP contribution is -2.48. The fourth-order valence-electron chi connectivity index (χ4n) is 1.91. The van der Waals surface area contributed by atoms with E-state index in [-0.39, 0.29) is 6.03 Å². The van der Waals surface area contributed by atoms with Crippen molar-refractivity contribution in [3.63, 3.8) is 0 Å². The average Bonchev–Trinajstić information content (AvgIpc) is 2.42. The lowest BCUT2D eigenvalue weighted by atomic mass is 10.3. The van der Waals surface area contributed by atoms with Gasteiger partial charge in [-0.3, -0.25) is 0 Å². The maximum absolute atomic E-state index is 12.1. The molecule has 1 saturated heterocycles. The zero-order valence-corrected chi connectivity index (χ0v) is 10.6. The smallest absolute Gasteiger partial charge is 0.322 e. The number of rotatable bonds is 3. The van der Waals surface area contributed by atoms with E-state index in [1.165, 1.54) is 0 Å². The number of carbonyl (C=O) groups excluding carboxylic acids is 1. The fraction of sp³-hybridized carbons (Fsp3) is 0.462. The van der Waals surface area contributed by atoms with Gasteiger partial charge in [-0.25, -0.2) is 4.79 Å². The van der Waals surface area contributed by atoms with Gasteiger partial charge in [-0.15, -0.1) is 0 Å². The molecule has 0 unspecified atom stereocenters. The van der Waals surface area contributed by atoms with Crippen molar-refractivity contribution in [2.24, 2.45) is 0 Å². The fourth-order valence-corrected chi connectivity index (χ4v) is 1.91. The molecule has 2 rings (SSSR count). The highest BCUT2D eigenvalue weighted by atomic mass is 16.5. The van der Waals surface area contributed by atoms with Crippen molar-refractivity contribution in [3.8, 4) is 5.75 Å². The van der Waals surface area contributed by atoms with Crippen molar-refractivity contribution in [1.29, 1.82) is 0 Å². The van der Waals surface area contributed by atoms with Gasteiger partial charge < -0.3 is 20.3 Å². The Morgan fingerprint density at radius 3 is 2.83 bits per heavy atom. The van der Waals surface area contributed by atoms with Crippen LogP contribution in [-0.4, -0.2) is 43.7 Å². The van der Waals surface area contributed by atoms with Gasteiger partial charge in [-0.1, -0.05) is 12.1 Å². The van der Waals surface area contributed by atoms with Gasteiger partial charge in [0, 0.05) is 26.2 Å². The highest BCUT2D eigenvalue weighted by Crippen LogP contribution is 2.23. The molecule has 1 aromatic carbocycles. The standard InChI is InChI=1S/C13H19N3O2/c1-2-18-12-6-4-3-5-11(12)15-13(17)16-9-7-14-8-10-16/h3-6,14H,2,7-10H2,1H3,(H,15,17). The van der Waals surface area contributed by atoms with Gasteiger partial charge >= 0.3 is 6.03 Å². The number of amides is 2. The average molecular weight is 249 g/mol. The Balaban J connectivity index is 2.01. The first-order valence-corrected chi connectivity index (χ1v) is 6.29. The molecular weight excluding hydrogens is 230 g/mol. The molecule has 5 nitrogen and oxygen atoms in total. The minimum atomic E-state index is -0.0661. The Labute approximate surface area is 107 Å². The van der Waals surface area contributed by atoms with E-state index in [2.05, 4.69) is 10.6 Å². The summed E-state index contributed by atoms with van der Waals surface area (Å²) in [6.07, 6.45) is 0. The third-order valence-electron chi connectivity index (χ3n) is 2.83. The summed E-state index contributed by atoms with van der Waals surface area (Å²) in [6, 6.07) is 7.42. The van der Waals surface area contributed by atoms with Crippen LogP contribution in [0.2, 0.25) is 0 Å². The first kappa shape index (κ1) is 12.7. The summed E-state index contributed by atoms with van der Waals surface area (Å²) in [7, 11) is 0. The molecule has 0 aliphatic carbocycles. The summed E-state index contributed by atoms with van der Waals surface area (Å²) < 4.78 is 5.48. The SMILES string of the molecule is CCOc1ccccc1NC(=O)N1CCNCC1. The summed E-state index contributed by atoms with van der Waals surface area (Å²) in [5.41, 5.74) is 0.725. The quantitative estimate of drug-likeness (QED) is 0.854. The van der Waals surface area contributed by atoms with Crippen LogP contribution in [0.4, 0.5) is 10.5 Å². The van der Waals surface area contributed by atoms with E-state index in [4.69, 9.17) is 4.74 Å². The number of nitrogens with one attached hydrogen (secondary N) is 2. The van der Waals surface area contributed by atoms with E-state index in [1.54, 1.807) is 4.90 Å². The second-order valence-corrected chi connectivity index (χ2v) is 4.10. The molecule has 0 aromatic heterocycles. The number of anilines is 1. The van der Waals surface area contributed by atoms with Crippen LogP contribution in [0, 0.1) is 0 Å². The second-order valence-electron chi connectivity index (χ2n) is 4.10. The molecule has 0 radical (unpaired) electrons. The summed E-state index contributed by atoms with van der Waals surface area (Å²) in [6.45, 7) is 5.68. The van der Waals surface area contributed by atoms with E-state index < -0.39 is 0 Å². The largest absolute Gasteiger partial charge is 0.492 e. The van der Waals surface area contributed by atoms with Crippen molar-refractivity contribution in [2.75, 3.05) is 38.1 Å². The third kappa shape index (κ3) is 3.13. The lowest BCUT2D eigenvalue weighted by Gasteiger charge is -2.27. The Bertz CT molecular complexity index is 403. The van der Waals surface area contributed by atoms with Crippen LogP contribution in [-0.2, 0) is 0 Å². The van der Waals surface area contributed by atoms with Gasteiger partial charge in [0.15, 0.2) is 0 Å². The number of ether oxygens (including phenoxy) is 1. The van der Waals surface area contributed by atoms with Crippen LogP contribution in [0.3, 0.4) is 0 Å². The molecule has 1 aliphatic rings. The van der Waals surface area contributed by atoms with Gasteiger partial charge in [0.25, 0.3) is 0 Å². The number of carbonyl (C=O) groups is 1. The molecule has 2 amide bonds. The molecule has 18 heavy (non-hydrogen) atoms. The maximum Gasteiger partial charge on any atom is 0.322 e. The normalized spacial score (nSPS) is 15.3. The lowest BCUT2D eigenvalue weighted by molar-refractivity contribution is 0.203. The number of hydrogen-bond donors (Lipinski definition) is 2. The molecule has 1 fully saturated rings. The zero-order chi connectivity index (χ0) is 12.8. The van der Waals surface area contributed by atoms with E-state index in [1.807, 2.05) is 31.2 Å². The van der Waals surface area contributed by atoms with Gasteiger partial charge in [0.2, 0.25) is 0 Å². The van der Waals surface area contributed by atoms with Gasteiger partial charge in [0.05, 0.1) is 12.3 Å². The highest BCUT2D eigenvalue weighted by Gasteiger charge is 2.17. The first-order valence-electron chi connectivity index (χ1n) is 6.29. The van der Waals surface area contributed by atoms with Gasteiger partial charge in [-0.05, 0) is 19.1 Å². The predicted octanol–water partition coefficient (Wildman–Crippen LogP) is 1.52. The Hall–Kier alpha value is -1.75. The van der Waals surface area contributed by atoms with Gasteiger partial charge in [0.1, 0.15) is 5.75 Å². The molecule has 0 spiro atoms. The Morgan fingerprint density at radius 1 is 1.39 bits per heavy atom. The Morgan fingerprint density at radius 2 is 2.11 bits per heavy atom. The molecule has 1 aliphatic heterocycles. The molecule has 0 saturated carbocycles. The van der Waals surface area contributed by atoms with Crippen molar-refractivity contribution in [1.82, 2.24) is 10.2 Å². The zero-order valence-electron chi connectivity index (χ0n) is 10.6. The predicted molar refractivity (Wildman–Crippen MR) is 71.1 cm³/mol. The number of urea groups is 1. The number of piperazine rings is 1. The number of nitrogens with zero attached hydrogens (tertiary/aromatic N) is 1. The monoisotopic (exact) mass is 249 g/mol. The molecule has 0 bridgehead atoms. The van der Waals surface area contributed by atoms with Crippen LogP contribution < -0.4 is 15.4 Å². The van der Waals surface area contributed by atoms with Crippen molar-refractivity contribution >= 4 is 11.7 Å². The highest BCUT2D eigenvalue weighted by molar-refractivity contribution is 5.91. The van der Waals surface area contributed by atoms with Crippen molar-refractivity contribution in [3.05, 3.63) is 24.3 Å². The Kier molecular flexibility index (Phi) is 4.41. The number of benzene rings is 1. The van der Waals surface area contributed by atoms with Crippen molar-refractivity contribution < 1.29 is 9.53 Å². The van der Waals surface area contributed by atoms with E-state index in [0.717, 1.165) is 31.9 Å². The molecule has 1 aromatic rings. The second kappa shape index (κ2) is 6.26.